The van der Waals surface area contributed by atoms with Crippen LogP contribution in [0.5, 0.6) is 0 Å². The summed E-state index contributed by atoms with van der Waals surface area (Å²) in [6.07, 6.45) is -3.67. The number of alkyl halides is 3. The number of hydrogen-bond donors (Lipinski definition) is 2. The van der Waals surface area contributed by atoms with Crippen LogP contribution < -0.4 is 5.48 Å². The fraction of sp³-hybridized carbons (Fsp3) is 1.00. The minimum Gasteiger partial charge on any atom is -0.396 e. The number of nitrogens with one attached hydrogen (secondary N) is 1. The van der Waals surface area contributed by atoms with Crippen LogP contribution >= 0.6 is 0 Å². The lowest BCUT2D eigenvalue weighted by Crippen LogP contribution is -2.36. The smallest absolute Gasteiger partial charge is 0.396 e. The maximum Gasteiger partial charge on any atom is 0.413 e. The molecule has 86 valence electrons. The van der Waals surface area contributed by atoms with Gasteiger partial charge in [-0.05, 0) is 6.42 Å². The van der Waals surface area contributed by atoms with Gasteiger partial charge in [0.1, 0.15) is 0 Å². The lowest BCUT2D eigenvalue weighted by atomic mass is 9.89. The average Bonchev–Trinajstić information content (AvgIpc) is 2.11. The fourth-order valence-electron chi connectivity index (χ4n) is 0.651. The molecule has 0 aliphatic heterocycles. The fourth-order valence-corrected chi connectivity index (χ4v) is 0.651. The van der Waals surface area contributed by atoms with Gasteiger partial charge in [-0.15, -0.1) is 0 Å². The molecular formula is C8H16F3NO2. The third kappa shape index (κ3) is 6.17. The normalized spacial score (nSPS) is 16.7. The molecule has 0 saturated carbocycles. The summed E-state index contributed by atoms with van der Waals surface area (Å²) in [5.74, 6) is 0. The van der Waals surface area contributed by atoms with Crippen molar-refractivity contribution in [2.75, 3.05) is 19.8 Å². The molecule has 0 saturated heterocycles. The molecule has 6 heteroatoms. The van der Waals surface area contributed by atoms with E-state index in [0.29, 0.717) is 6.42 Å². The van der Waals surface area contributed by atoms with E-state index in [9.17, 15) is 13.2 Å². The molecule has 0 radical (unpaired) electrons. The molecule has 0 heterocycles. The standard InChI is InChI=1S/C8H16F3NO2/c1-3-7(2,5-13)4-12-14-6-8(9,10)11/h12-13H,3-6H2,1-2H3. The van der Waals surface area contributed by atoms with E-state index >= 15 is 0 Å². The predicted molar refractivity (Wildman–Crippen MR) is 45.5 cm³/mol. The molecule has 0 aliphatic rings. The molecule has 0 fully saturated rings. The first-order chi connectivity index (χ1) is 6.33. The second-order valence-electron chi connectivity index (χ2n) is 3.55. The molecule has 0 aliphatic carbocycles. The summed E-state index contributed by atoms with van der Waals surface area (Å²) >= 11 is 0. The quantitative estimate of drug-likeness (QED) is 0.521. The predicted octanol–water partition coefficient (Wildman–Crippen LogP) is 1.48. The van der Waals surface area contributed by atoms with Crippen molar-refractivity contribution >= 4 is 0 Å². The highest BCUT2D eigenvalue weighted by Gasteiger charge is 2.28. The number of aliphatic hydroxyl groups is 1. The van der Waals surface area contributed by atoms with Gasteiger partial charge in [-0.25, -0.2) is 5.48 Å². The molecule has 0 rings (SSSR count). The van der Waals surface area contributed by atoms with Crippen LogP contribution in [0.25, 0.3) is 0 Å². The Morgan fingerprint density at radius 1 is 1.36 bits per heavy atom. The van der Waals surface area contributed by atoms with Crippen LogP contribution in [-0.2, 0) is 4.84 Å². The highest BCUT2D eigenvalue weighted by Crippen LogP contribution is 2.19. The van der Waals surface area contributed by atoms with E-state index < -0.39 is 18.2 Å². The van der Waals surface area contributed by atoms with Gasteiger partial charge in [0, 0.05) is 18.6 Å². The van der Waals surface area contributed by atoms with Crippen LogP contribution in [0.1, 0.15) is 20.3 Å². The van der Waals surface area contributed by atoms with E-state index in [0.717, 1.165) is 0 Å². The Morgan fingerprint density at radius 2 is 1.93 bits per heavy atom. The van der Waals surface area contributed by atoms with Crippen molar-refractivity contribution in [2.24, 2.45) is 5.41 Å². The van der Waals surface area contributed by atoms with Gasteiger partial charge in [0.2, 0.25) is 0 Å². The van der Waals surface area contributed by atoms with Gasteiger partial charge >= 0.3 is 6.18 Å². The Morgan fingerprint density at radius 3 is 2.29 bits per heavy atom. The third-order valence-electron chi connectivity index (χ3n) is 2.07. The molecule has 1 atom stereocenters. The highest BCUT2D eigenvalue weighted by molar-refractivity contribution is 4.72. The van der Waals surface area contributed by atoms with Crippen LogP contribution in [0.15, 0.2) is 0 Å². The second kappa shape index (κ2) is 5.53. The minimum absolute atomic E-state index is 0.0914. The highest BCUT2D eigenvalue weighted by atomic mass is 19.4. The molecule has 2 N–H and O–H groups in total. The van der Waals surface area contributed by atoms with Crippen LogP contribution in [0.2, 0.25) is 0 Å². The lowest BCUT2D eigenvalue weighted by Gasteiger charge is -2.25. The maximum absolute atomic E-state index is 11.6. The molecule has 0 aromatic rings. The second-order valence-corrected chi connectivity index (χ2v) is 3.55. The van der Waals surface area contributed by atoms with Crippen molar-refractivity contribution in [3.05, 3.63) is 0 Å². The van der Waals surface area contributed by atoms with Crippen LogP contribution in [0.4, 0.5) is 13.2 Å². The first kappa shape index (κ1) is 13.7. The summed E-state index contributed by atoms with van der Waals surface area (Å²) < 4.78 is 34.9. The van der Waals surface area contributed by atoms with E-state index in [-0.39, 0.29) is 13.2 Å². The first-order valence-corrected chi connectivity index (χ1v) is 4.35. The summed E-state index contributed by atoms with van der Waals surface area (Å²) in [4.78, 5) is 4.21. The third-order valence-corrected chi connectivity index (χ3v) is 2.07. The summed E-state index contributed by atoms with van der Waals surface area (Å²) in [5, 5.41) is 8.93. The van der Waals surface area contributed by atoms with Gasteiger partial charge in [0.05, 0.1) is 0 Å². The lowest BCUT2D eigenvalue weighted by molar-refractivity contribution is -0.191. The monoisotopic (exact) mass is 215 g/mol. The molecular weight excluding hydrogens is 199 g/mol. The zero-order valence-electron chi connectivity index (χ0n) is 8.32. The van der Waals surface area contributed by atoms with E-state index in [4.69, 9.17) is 5.11 Å². The molecule has 3 nitrogen and oxygen atoms in total. The summed E-state index contributed by atoms with van der Waals surface area (Å²) in [5.41, 5.74) is 1.77. The molecule has 14 heavy (non-hydrogen) atoms. The molecule has 0 bridgehead atoms. The van der Waals surface area contributed by atoms with Crippen LogP contribution in [0, 0.1) is 5.41 Å². The Bertz CT molecular complexity index is 157. The number of hydroxylamine groups is 1. The molecule has 0 aromatic heterocycles. The van der Waals surface area contributed by atoms with Crippen LogP contribution in [-0.4, -0.2) is 31.0 Å². The van der Waals surface area contributed by atoms with Gasteiger partial charge in [-0.3, -0.25) is 4.84 Å². The first-order valence-electron chi connectivity index (χ1n) is 4.35. The van der Waals surface area contributed by atoms with Crippen molar-refractivity contribution < 1.29 is 23.1 Å². The molecule has 0 amide bonds. The van der Waals surface area contributed by atoms with E-state index in [1.807, 2.05) is 6.92 Å². The Balaban J connectivity index is 3.63. The van der Waals surface area contributed by atoms with Gasteiger partial charge in [0.15, 0.2) is 6.61 Å². The Labute approximate surface area is 81.2 Å². The van der Waals surface area contributed by atoms with E-state index in [1.54, 1.807) is 6.92 Å². The Hall–Kier alpha value is -0.330. The SMILES string of the molecule is CCC(C)(CO)CNOCC(F)(F)F. The average molecular weight is 215 g/mol. The van der Waals surface area contributed by atoms with Gasteiger partial charge < -0.3 is 5.11 Å². The minimum atomic E-state index is -4.32. The summed E-state index contributed by atoms with van der Waals surface area (Å²) in [7, 11) is 0. The summed E-state index contributed by atoms with van der Waals surface area (Å²) in [6, 6.07) is 0. The largest absolute Gasteiger partial charge is 0.413 e. The van der Waals surface area contributed by atoms with Gasteiger partial charge in [-0.2, -0.15) is 13.2 Å². The topological polar surface area (TPSA) is 41.5 Å². The van der Waals surface area contributed by atoms with Crippen molar-refractivity contribution in [1.29, 1.82) is 0 Å². The van der Waals surface area contributed by atoms with E-state index in [1.165, 1.54) is 0 Å². The number of halogens is 3. The zero-order valence-corrected chi connectivity index (χ0v) is 8.32. The van der Waals surface area contributed by atoms with Crippen LogP contribution in [0.3, 0.4) is 0 Å². The van der Waals surface area contributed by atoms with Crippen molar-refractivity contribution in [1.82, 2.24) is 5.48 Å². The maximum atomic E-state index is 11.6. The summed E-state index contributed by atoms with van der Waals surface area (Å²) in [6.45, 7) is 2.39. The van der Waals surface area contributed by atoms with Gasteiger partial charge in [0.25, 0.3) is 0 Å². The number of rotatable bonds is 6. The van der Waals surface area contributed by atoms with E-state index in [2.05, 4.69) is 10.3 Å². The zero-order chi connectivity index (χ0) is 11.2. The number of hydrogen-bond acceptors (Lipinski definition) is 3. The van der Waals surface area contributed by atoms with Crippen molar-refractivity contribution in [2.45, 2.75) is 26.4 Å². The van der Waals surface area contributed by atoms with Crippen molar-refractivity contribution in [3.63, 3.8) is 0 Å². The molecule has 0 aromatic carbocycles. The molecule has 1 unspecified atom stereocenters. The Kier molecular flexibility index (Phi) is 5.40. The van der Waals surface area contributed by atoms with Gasteiger partial charge in [-0.1, -0.05) is 13.8 Å². The van der Waals surface area contributed by atoms with Crippen molar-refractivity contribution in [3.8, 4) is 0 Å². The molecule has 0 spiro atoms. The number of aliphatic hydroxyl groups excluding tert-OH is 1.